The molecule has 1 aromatic heterocycles. The van der Waals surface area contributed by atoms with E-state index in [1.807, 2.05) is 0 Å². The second-order valence-corrected chi connectivity index (χ2v) is 6.06. The normalized spacial score (nSPS) is 26.5. The SMILES string of the molecule is C=C1[C@@H]2CN(C)CCN2c2ncc(F)cc2N1C1CC1. The molecule has 106 valence electrons. The van der Waals surface area contributed by atoms with Crippen molar-refractivity contribution in [3.63, 3.8) is 0 Å². The Bertz CT molecular complexity index is 569. The number of piperazine rings is 1. The Balaban J connectivity index is 1.83. The number of aromatic nitrogens is 1. The number of nitrogens with zero attached hydrogens (tertiary/aromatic N) is 4. The van der Waals surface area contributed by atoms with E-state index in [1.54, 1.807) is 6.07 Å². The van der Waals surface area contributed by atoms with Gasteiger partial charge in [0, 0.05) is 37.4 Å². The summed E-state index contributed by atoms with van der Waals surface area (Å²) < 4.78 is 13.6. The lowest BCUT2D eigenvalue weighted by Gasteiger charge is -2.49. The maximum atomic E-state index is 13.6. The van der Waals surface area contributed by atoms with E-state index in [-0.39, 0.29) is 11.9 Å². The lowest BCUT2D eigenvalue weighted by atomic mass is 10.0. The van der Waals surface area contributed by atoms with Crippen LogP contribution in [0, 0.1) is 5.82 Å². The number of rotatable bonds is 1. The van der Waals surface area contributed by atoms with Crippen LogP contribution in [0.2, 0.25) is 0 Å². The smallest absolute Gasteiger partial charge is 0.153 e. The van der Waals surface area contributed by atoms with Crippen molar-refractivity contribution < 1.29 is 4.39 Å². The van der Waals surface area contributed by atoms with E-state index in [0.717, 1.165) is 49.7 Å². The van der Waals surface area contributed by atoms with E-state index in [2.05, 4.69) is 33.3 Å². The first-order chi connectivity index (χ1) is 9.65. The van der Waals surface area contributed by atoms with Crippen LogP contribution in [0.4, 0.5) is 15.9 Å². The third-order valence-electron chi connectivity index (χ3n) is 4.54. The maximum Gasteiger partial charge on any atom is 0.153 e. The molecule has 0 radical (unpaired) electrons. The molecule has 5 heteroatoms. The van der Waals surface area contributed by atoms with E-state index in [9.17, 15) is 4.39 Å². The number of halogens is 1. The molecule has 0 spiro atoms. The second-order valence-electron chi connectivity index (χ2n) is 6.06. The van der Waals surface area contributed by atoms with Crippen LogP contribution in [0.1, 0.15) is 12.8 Å². The lowest BCUT2D eigenvalue weighted by Crippen LogP contribution is -2.58. The molecule has 4 rings (SSSR count). The predicted molar refractivity (Wildman–Crippen MR) is 77.5 cm³/mol. The predicted octanol–water partition coefficient (Wildman–Crippen LogP) is 1.84. The molecule has 4 nitrogen and oxygen atoms in total. The van der Waals surface area contributed by atoms with Gasteiger partial charge in [0.05, 0.1) is 17.9 Å². The summed E-state index contributed by atoms with van der Waals surface area (Å²) in [5.74, 6) is 0.651. The van der Waals surface area contributed by atoms with Crippen LogP contribution in [-0.4, -0.2) is 48.6 Å². The molecule has 1 aliphatic carbocycles. The number of anilines is 2. The van der Waals surface area contributed by atoms with E-state index < -0.39 is 0 Å². The van der Waals surface area contributed by atoms with Crippen LogP contribution < -0.4 is 9.80 Å². The Labute approximate surface area is 118 Å². The zero-order valence-corrected chi connectivity index (χ0v) is 11.7. The van der Waals surface area contributed by atoms with Crippen molar-refractivity contribution in [2.75, 3.05) is 36.5 Å². The summed E-state index contributed by atoms with van der Waals surface area (Å²) in [7, 11) is 2.14. The van der Waals surface area contributed by atoms with Crippen LogP contribution in [0.3, 0.4) is 0 Å². The highest BCUT2D eigenvalue weighted by Gasteiger charge is 2.43. The summed E-state index contributed by atoms with van der Waals surface area (Å²) >= 11 is 0. The number of likely N-dealkylation sites (N-methyl/N-ethyl adjacent to an activating group) is 1. The molecular weight excluding hydrogens is 255 g/mol. The highest BCUT2D eigenvalue weighted by molar-refractivity contribution is 5.76. The van der Waals surface area contributed by atoms with Gasteiger partial charge in [-0.05, 0) is 19.9 Å². The minimum Gasteiger partial charge on any atom is -0.344 e. The van der Waals surface area contributed by atoms with E-state index in [4.69, 9.17) is 0 Å². The van der Waals surface area contributed by atoms with Gasteiger partial charge in [-0.25, -0.2) is 9.37 Å². The largest absolute Gasteiger partial charge is 0.344 e. The molecule has 0 bridgehead atoms. The molecule has 3 aliphatic rings. The number of hydrogen-bond acceptors (Lipinski definition) is 4. The monoisotopic (exact) mass is 274 g/mol. The molecule has 0 amide bonds. The molecule has 1 atom stereocenters. The standard InChI is InChI=1S/C15H19FN4/c1-10-14-9-18(2)5-6-19(14)15-13(7-11(16)8-17-15)20(10)12-3-4-12/h7-8,12,14H,1,3-6,9H2,2H3/t14-/m0/s1. The van der Waals surface area contributed by atoms with Crippen molar-refractivity contribution in [3.8, 4) is 0 Å². The molecule has 1 saturated heterocycles. The molecule has 1 aromatic rings. The first-order valence-electron chi connectivity index (χ1n) is 7.24. The van der Waals surface area contributed by atoms with Gasteiger partial charge in [0.1, 0.15) is 5.82 Å². The summed E-state index contributed by atoms with van der Waals surface area (Å²) in [6, 6.07) is 2.36. The van der Waals surface area contributed by atoms with Crippen LogP contribution in [0.5, 0.6) is 0 Å². The minimum absolute atomic E-state index is 0.264. The molecule has 2 aliphatic heterocycles. The Kier molecular flexibility index (Phi) is 2.54. The third kappa shape index (κ3) is 1.73. The van der Waals surface area contributed by atoms with Gasteiger partial charge in [-0.15, -0.1) is 0 Å². The van der Waals surface area contributed by atoms with Crippen molar-refractivity contribution >= 4 is 11.5 Å². The third-order valence-corrected chi connectivity index (χ3v) is 4.54. The summed E-state index contributed by atoms with van der Waals surface area (Å²) in [5.41, 5.74) is 2.00. The second kappa shape index (κ2) is 4.19. The Hall–Kier alpha value is -1.62. The Morgan fingerprint density at radius 3 is 2.90 bits per heavy atom. The van der Waals surface area contributed by atoms with Gasteiger partial charge in [0.25, 0.3) is 0 Å². The van der Waals surface area contributed by atoms with Crippen molar-refractivity contribution in [2.24, 2.45) is 0 Å². The topological polar surface area (TPSA) is 22.6 Å². The summed E-state index contributed by atoms with van der Waals surface area (Å²) in [4.78, 5) is 11.2. The van der Waals surface area contributed by atoms with E-state index in [1.165, 1.54) is 6.20 Å². The maximum absolute atomic E-state index is 13.6. The van der Waals surface area contributed by atoms with Gasteiger partial charge in [0.2, 0.25) is 0 Å². The molecule has 0 unspecified atom stereocenters. The fourth-order valence-electron chi connectivity index (χ4n) is 3.36. The van der Waals surface area contributed by atoms with Gasteiger partial charge in [0.15, 0.2) is 5.82 Å². The zero-order chi connectivity index (χ0) is 13.9. The van der Waals surface area contributed by atoms with Crippen LogP contribution >= 0.6 is 0 Å². The Morgan fingerprint density at radius 2 is 2.15 bits per heavy atom. The van der Waals surface area contributed by atoms with Gasteiger partial charge in [-0.1, -0.05) is 6.58 Å². The molecule has 0 aromatic carbocycles. The molecule has 3 heterocycles. The molecule has 0 N–H and O–H groups in total. The summed E-state index contributed by atoms with van der Waals surface area (Å²) in [6.45, 7) is 7.20. The quantitative estimate of drug-likeness (QED) is 0.779. The van der Waals surface area contributed by atoms with Gasteiger partial charge < -0.3 is 14.7 Å². The first-order valence-corrected chi connectivity index (χ1v) is 7.24. The fourth-order valence-corrected chi connectivity index (χ4v) is 3.36. The number of fused-ring (bicyclic) bond motifs is 3. The highest BCUT2D eigenvalue weighted by Crippen LogP contribution is 2.45. The van der Waals surface area contributed by atoms with Crippen LogP contribution in [0.15, 0.2) is 24.5 Å². The van der Waals surface area contributed by atoms with Gasteiger partial charge >= 0.3 is 0 Å². The zero-order valence-electron chi connectivity index (χ0n) is 11.7. The molecular formula is C15H19FN4. The van der Waals surface area contributed by atoms with E-state index >= 15 is 0 Å². The van der Waals surface area contributed by atoms with Crippen molar-refractivity contribution in [1.29, 1.82) is 0 Å². The number of pyridine rings is 1. The van der Waals surface area contributed by atoms with Crippen molar-refractivity contribution in [3.05, 3.63) is 30.4 Å². The van der Waals surface area contributed by atoms with E-state index in [0.29, 0.717) is 6.04 Å². The molecule has 2 fully saturated rings. The van der Waals surface area contributed by atoms with Crippen LogP contribution in [-0.2, 0) is 0 Å². The van der Waals surface area contributed by atoms with Gasteiger partial charge in [-0.2, -0.15) is 0 Å². The lowest BCUT2D eigenvalue weighted by molar-refractivity contribution is 0.276. The Morgan fingerprint density at radius 1 is 1.35 bits per heavy atom. The highest BCUT2D eigenvalue weighted by atomic mass is 19.1. The van der Waals surface area contributed by atoms with Gasteiger partial charge in [-0.3, -0.25) is 0 Å². The minimum atomic E-state index is -0.269. The summed E-state index contributed by atoms with van der Waals surface area (Å²) in [6.07, 6.45) is 3.66. The summed E-state index contributed by atoms with van der Waals surface area (Å²) in [5, 5.41) is 0. The number of hydrogen-bond donors (Lipinski definition) is 0. The molecule has 20 heavy (non-hydrogen) atoms. The van der Waals surface area contributed by atoms with Crippen LogP contribution in [0.25, 0.3) is 0 Å². The average Bonchev–Trinajstić information content (AvgIpc) is 3.24. The average molecular weight is 274 g/mol. The van der Waals surface area contributed by atoms with Crippen molar-refractivity contribution in [2.45, 2.75) is 24.9 Å². The van der Waals surface area contributed by atoms with Crippen molar-refractivity contribution in [1.82, 2.24) is 9.88 Å². The fraction of sp³-hybridized carbons (Fsp3) is 0.533. The first kappa shape index (κ1) is 12.1. The molecule has 1 saturated carbocycles.